The van der Waals surface area contributed by atoms with Gasteiger partial charge in [0.05, 0.1) is 55.2 Å². The van der Waals surface area contributed by atoms with E-state index in [0.717, 1.165) is 111 Å². The molecule has 0 saturated heterocycles. The van der Waals surface area contributed by atoms with E-state index in [4.69, 9.17) is 39.9 Å². The topological polar surface area (TPSA) is 123 Å². The summed E-state index contributed by atoms with van der Waals surface area (Å²) in [5.41, 5.74) is 25.5. The van der Waals surface area contributed by atoms with Crippen molar-refractivity contribution in [1.82, 2.24) is 58.1 Å². The van der Waals surface area contributed by atoms with Gasteiger partial charge in [-0.2, -0.15) is 0 Å². The minimum absolute atomic E-state index is 0.614. The van der Waals surface area contributed by atoms with Crippen molar-refractivity contribution in [1.29, 1.82) is 0 Å². The van der Waals surface area contributed by atoms with Crippen molar-refractivity contribution in [2.45, 2.75) is 0 Å². The van der Waals surface area contributed by atoms with Crippen LogP contribution in [0.4, 0.5) is 0 Å². The Morgan fingerprint density at radius 3 is 0.875 bits per heavy atom. The van der Waals surface area contributed by atoms with E-state index in [1.165, 1.54) is 54.7 Å². The van der Waals surface area contributed by atoms with Crippen LogP contribution in [0.15, 0.2) is 389 Å². The minimum atomic E-state index is 0.614. The van der Waals surface area contributed by atoms with Gasteiger partial charge in [-0.05, 0) is 156 Å². The third-order valence-corrected chi connectivity index (χ3v) is 21.2. The molecule has 0 radical (unpaired) electrons. The van der Waals surface area contributed by atoms with Gasteiger partial charge in [-0.15, -0.1) is 0 Å². The van der Waals surface area contributed by atoms with Gasteiger partial charge in [0.15, 0.2) is 34.9 Å². The summed E-state index contributed by atoms with van der Waals surface area (Å²) in [6, 6.07) is 131. The van der Waals surface area contributed by atoms with Crippen LogP contribution in [-0.2, 0) is 0 Å². The van der Waals surface area contributed by atoms with Crippen molar-refractivity contribution < 1.29 is 0 Å². The molecular formula is C100H64N12. The molecule has 12 nitrogen and oxygen atoms in total. The van der Waals surface area contributed by atoms with E-state index in [-0.39, 0.29) is 0 Å². The van der Waals surface area contributed by atoms with Gasteiger partial charge in [-0.1, -0.05) is 243 Å². The predicted molar refractivity (Wildman–Crippen MR) is 456 cm³/mol. The summed E-state index contributed by atoms with van der Waals surface area (Å²) in [6.45, 7) is 0. The van der Waals surface area contributed by atoms with Gasteiger partial charge in [0.2, 0.25) is 0 Å². The van der Waals surface area contributed by atoms with Crippen LogP contribution in [0.5, 0.6) is 0 Å². The Balaban J connectivity index is 0.000000141. The van der Waals surface area contributed by atoms with Crippen LogP contribution in [0.25, 0.3) is 201 Å². The largest absolute Gasteiger partial charge is 0.309 e. The number of fused-ring (bicyclic) bond motifs is 12. The summed E-state index contributed by atoms with van der Waals surface area (Å²) in [5, 5.41) is 7.12. The molecule has 0 atom stereocenters. The average Bonchev–Trinajstić information content (AvgIpc) is 1.63. The van der Waals surface area contributed by atoms with E-state index in [2.05, 4.69) is 261 Å². The van der Waals surface area contributed by atoms with Crippen LogP contribution in [0.1, 0.15) is 0 Å². The number of aromatic nitrogens is 12. The molecule has 0 unspecified atom stereocenters. The Kier molecular flexibility index (Phi) is 15.9. The van der Waals surface area contributed by atoms with Crippen molar-refractivity contribution >= 4 is 87.5 Å². The monoisotopic (exact) mass is 1430 g/mol. The van der Waals surface area contributed by atoms with Crippen LogP contribution in [0, 0.1) is 0 Å². The number of pyridine rings is 2. The van der Waals surface area contributed by atoms with Crippen molar-refractivity contribution in [3.05, 3.63) is 389 Å². The summed E-state index contributed by atoms with van der Waals surface area (Å²) in [5.74, 6) is 3.79. The van der Waals surface area contributed by atoms with Crippen LogP contribution >= 0.6 is 0 Å². The lowest BCUT2D eigenvalue weighted by Crippen LogP contribution is -2.01. The molecule has 0 fully saturated rings. The summed E-state index contributed by atoms with van der Waals surface area (Å²) < 4.78 is 9.33. The fraction of sp³-hybridized carbons (Fsp3) is 0. The fourth-order valence-electron chi connectivity index (χ4n) is 16.2. The molecule has 0 N–H and O–H groups in total. The third kappa shape index (κ3) is 11.3. The second-order valence-electron chi connectivity index (χ2n) is 27.8. The van der Waals surface area contributed by atoms with Crippen molar-refractivity contribution in [3.63, 3.8) is 0 Å². The molecule has 8 aromatic heterocycles. The molecule has 22 rings (SSSR count). The highest BCUT2D eigenvalue weighted by Crippen LogP contribution is 2.44. The van der Waals surface area contributed by atoms with Gasteiger partial charge in [0.25, 0.3) is 0 Å². The van der Waals surface area contributed by atoms with E-state index in [9.17, 15) is 0 Å². The first-order valence-corrected chi connectivity index (χ1v) is 37.5. The molecule has 0 aliphatic rings. The zero-order valence-electron chi connectivity index (χ0n) is 60.3. The lowest BCUT2D eigenvalue weighted by molar-refractivity contribution is 1.07. The number of nitrogens with zero attached hydrogens (tertiary/aromatic N) is 12. The van der Waals surface area contributed by atoms with Crippen molar-refractivity contribution in [3.8, 4) is 113 Å². The molecule has 12 heteroatoms. The zero-order valence-corrected chi connectivity index (χ0v) is 60.3. The Hall–Kier alpha value is -15.4. The maximum Gasteiger partial charge on any atom is 0.164 e. The molecule has 524 valence electrons. The zero-order chi connectivity index (χ0) is 74.0. The van der Waals surface area contributed by atoms with E-state index >= 15 is 0 Å². The van der Waals surface area contributed by atoms with E-state index < -0.39 is 0 Å². The highest BCUT2D eigenvalue weighted by atomic mass is 15.1. The summed E-state index contributed by atoms with van der Waals surface area (Å²) >= 11 is 0. The summed E-state index contributed by atoms with van der Waals surface area (Å²) in [6.07, 6.45) is 3.76. The maximum atomic E-state index is 5.01. The number of hydrogen-bond donors (Lipinski definition) is 0. The van der Waals surface area contributed by atoms with E-state index in [1.54, 1.807) is 0 Å². The average molecular weight is 1430 g/mol. The van der Waals surface area contributed by atoms with E-state index in [0.29, 0.717) is 34.9 Å². The first-order valence-electron chi connectivity index (χ1n) is 37.5. The lowest BCUT2D eigenvalue weighted by Gasteiger charge is -2.12. The molecule has 0 bridgehead atoms. The smallest absolute Gasteiger partial charge is 0.164 e. The predicted octanol–water partition coefficient (Wildman–Crippen LogP) is 24.3. The molecule has 22 aromatic rings. The number of benzene rings is 14. The standard InChI is InChI=1S/2C50H32N6/c1-4-15-33(16-5-1)48-52-49(34-17-6-2-7-18-34)54-50(53-48)36-19-12-22-38(31-36)56-43-29-28-35(32-41(43)47-45(56)27-14-30-51-47)39-24-13-26-44-46(39)40-23-10-11-25-42(40)55(44)37-20-8-3-9-21-37;1-4-14-33(15-5-1)48-52-49(34-16-6-2-7-17-34)54-50(53-48)35-25-28-38(29-26-35)56-43-30-27-36(32-41(43)47-45(56)24-13-31-51-47)39-21-12-23-44-46(39)40-20-10-11-22-42(40)55(44)37-18-8-3-9-19-37/h2*1-32H. The third-order valence-electron chi connectivity index (χ3n) is 21.2. The highest BCUT2D eigenvalue weighted by Gasteiger charge is 2.24. The van der Waals surface area contributed by atoms with E-state index in [1.807, 2.05) is 146 Å². The molecule has 0 amide bonds. The van der Waals surface area contributed by atoms with Crippen LogP contribution < -0.4 is 0 Å². The normalized spacial score (nSPS) is 11.6. The van der Waals surface area contributed by atoms with Crippen LogP contribution in [0.2, 0.25) is 0 Å². The molecule has 8 heterocycles. The first kappa shape index (κ1) is 64.9. The van der Waals surface area contributed by atoms with Gasteiger partial charge in [-0.3, -0.25) is 9.97 Å². The Morgan fingerprint density at radius 1 is 0.170 bits per heavy atom. The number of hydrogen-bond acceptors (Lipinski definition) is 8. The second kappa shape index (κ2) is 27.4. The molecule has 14 aromatic carbocycles. The molecule has 0 saturated carbocycles. The van der Waals surface area contributed by atoms with Crippen LogP contribution in [-0.4, -0.2) is 58.1 Å². The second-order valence-corrected chi connectivity index (χ2v) is 27.8. The number of para-hydroxylation sites is 4. The lowest BCUT2D eigenvalue weighted by atomic mass is 9.98. The van der Waals surface area contributed by atoms with Gasteiger partial charge in [-0.25, -0.2) is 29.9 Å². The maximum absolute atomic E-state index is 5.01. The SMILES string of the molecule is c1ccc(-c2nc(-c3ccccc3)nc(-c3ccc(-n4c5ccc(-c6cccc7c6c6ccccc6n7-c6ccccc6)cc5c5ncccc54)cc3)n2)cc1.c1ccc(-c2nc(-c3ccccc3)nc(-c3cccc(-n4c5ccc(-c6cccc7c6c6ccccc6n7-c6ccccc6)cc5c5ncccc54)c3)n2)cc1. The van der Waals surface area contributed by atoms with Gasteiger partial charge in [0.1, 0.15) is 0 Å². The molecule has 112 heavy (non-hydrogen) atoms. The Morgan fingerprint density at radius 2 is 0.455 bits per heavy atom. The molecule has 0 spiro atoms. The quantitative estimate of drug-likeness (QED) is 0.119. The summed E-state index contributed by atoms with van der Waals surface area (Å²) in [4.78, 5) is 39.6. The Labute approximate surface area is 643 Å². The highest BCUT2D eigenvalue weighted by molar-refractivity contribution is 6.19. The molecule has 0 aliphatic carbocycles. The first-order chi connectivity index (χ1) is 55.6. The minimum Gasteiger partial charge on any atom is -0.309 e. The van der Waals surface area contributed by atoms with Gasteiger partial charge < -0.3 is 18.3 Å². The van der Waals surface area contributed by atoms with Gasteiger partial charge >= 0.3 is 0 Å². The number of rotatable bonds is 12. The van der Waals surface area contributed by atoms with Crippen molar-refractivity contribution in [2.75, 3.05) is 0 Å². The molecular weight excluding hydrogens is 1370 g/mol. The fourth-order valence-corrected chi connectivity index (χ4v) is 16.2. The Bertz CT molecular complexity index is 7230. The summed E-state index contributed by atoms with van der Waals surface area (Å²) in [7, 11) is 0. The molecule has 0 aliphatic heterocycles. The van der Waals surface area contributed by atoms with Crippen LogP contribution in [0.3, 0.4) is 0 Å². The van der Waals surface area contributed by atoms with Gasteiger partial charge in [0, 0.05) is 101 Å². The van der Waals surface area contributed by atoms with Crippen molar-refractivity contribution in [2.24, 2.45) is 0 Å².